The highest BCUT2D eigenvalue weighted by Gasteiger charge is 2.06. The first-order valence-corrected chi connectivity index (χ1v) is 7.47. The molecule has 2 aromatic carbocycles. The molecule has 1 N–H and O–H groups in total. The molecule has 0 aliphatic rings. The average Bonchev–Trinajstić information content (AvgIpc) is 2.88. The first-order valence-electron chi connectivity index (χ1n) is 6.65. The van der Waals surface area contributed by atoms with Crippen LogP contribution in [0.2, 0.25) is 0 Å². The van der Waals surface area contributed by atoms with Gasteiger partial charge < -0.3 is 10.1 Å². The first kappa shape index (κ1) is 14.5. The van der Waals surface area contributed by atoms with Crippen molar-refractivity contribution in [1.82, 2.24) is 4.98 Å². The molecule has 4 nitrogen and oxygen atoms in total. The van der Waals surface area contributed by atoms with Gasteiger partial charge in [-0.15, -0.1) is 11.3 Å². The fourth-order valence-corrected chi connectivity index (χ4v) is 2.85. The van der Waals surface area contributed by atoms with Gasteiger partial charge in [0.2, 0.25) is 5.91 Å². The van der Waals surface area contributed by atoms with Crippen LogP contribution in [-0.4, -0.2) is 10.9 Å². The number of carbonyl (C=O) groups is 1. The van der Waals surface area contributed by atoms with Crippen LogP contribution in [0.15, 0.2) is 42.5 Å². The third-order valence-electron chi connectivity index (χ3n) is 2.93. The highest BCUT2D eigenvalue weighted by molar-refractivity contribution is 7.18. The molecule has 0 aliphatic heterocycles. The number of nitrogens with one attached hydrogen (secondary N) is 1. The van der Waals surface area contributed by atoms with Crippen molar-refractivity contribution >= 4 is 33.1 Å². The Balaban J connectivity index is 1.67. The molecule has 3 rings (SSSR count). The van der Waals surface area contributed by atoms with Gasteiger partial charge in [0.1, 0.15) is 23.2 Å². The SMILES string of the molecule is CC(=O)Nc1ccc(OCc2nc3cc(F)ccc3s2)cc1. The number of nitrogens with zero attached hydrogens (tertiary/aromatic N) is 1. The number of halogens is 1. The average molecular weight is 316 g/mol. The van der Waals surface area contributed by atoms with E-state index >= 15 is 0 Å². The number of thiazole rings is 1. The van der Waals surface area contributed by atoms with Gasteiger partial charge in [0, 0.05) is 18.7 Å². The second-order valence-corrected chi connectivity index (χ2v) is 5.83. The summed E-state index contributed by atoms with van der Waals surface area (Å²) in [5.41, 5.74) is 1.36. The smallest absolute Gasteiger partial charge is 0.221 e. The molecule has 1 heterocycles. The van der Waals surface area contributed by atoms with Gasteiger partial charge in [-0.25, -0.2) is 9.37 Å². The number of rotatable bonds is 4. The summed E-state index contributed by atoms with van der Waals surface area (Å²) in [6.07, 6.45) is 0. The van der Waals surface area contributed by atoms with Crippen LogP contribution in [0.25, 0.3) is 10.2 Å². The van der Waals surface area contributed by atoms with E-state index in [4.69, 9.17) is 4.74 Å². The number of aromatic nitrogens is 1. The lowest BCUT2D eigenvalue weighted by Crippen LogP contribution is -2.05. The van der Waals surface area contributed by atoms with E-state index in [1.165, 1.54) is 30.4 Å². The molecule has 0 spiro atoms. The second kappa shape index (κ2) is 6.11. The molecule has 0 fully saturated rings. The number of hydrogen-bond acceptors (Lipinski definition) is 4. The quantitative estimate of drug-likeness (QED) is 0.792. The fraction of sp³-hybridized carbons (Fsp3) is 0.125. The van der Waals surface area contributed by atoms with Crippen LogP contribution in [0.1, 0.15) is 11.9 Å². The largest absolute Gasteiger partial charge is 0.486 e. The number of hydrogen-bond donors (Lipinski definition) is 1. The molecule has 0 radical (unpaired) electrons. The summed E-state index contributed by atoms with van der Waals surface area (Å²) in [7, 11) is 0. The Kier molecular flexibility index (Phi) is 4.02. The van der Waals surface area contributed by atoms with Crippen molar-refractivity contribution in [2.45, 2.75) is 13.5 Å². The van der Waals surface area contributed by atoms with Crippen LogP contribution in [-0.2, 0) is 11.4 Å². The number of fused-ring (bicyclic) bond motifs is 1. The van der Waals surface area contributed by atoms with Crippen molar-refractivity contribution in [3.63, 3.8) is 0 Å². The third-order valence-corrected chi connectivity index (χ3v) is 3.94. The fourth-order valence-electron chi connectivity index (χ4n) is 1.99. The molecule has 0 aliphatic carbocycles. The summed E-state index contributed by atoms with van der Waals surface area (Å²) < 4.78 is 19.7. The maximum absolute atomic E-state index is 13.1. The molecule has 0 saturated heterocycles. The van der Waals surface area contributed by atoms with Gasteiger partial charge in [0.25, 0.3) is 0 Å². The van der Waals surface area contributed by atoms with Gasteiger partial charge in [-0.2, -0.15) is 0 Å². The molecule has 6 heteroatoms. The number of amides is 1. The van der Waals surface area contributed by atoms with Crippen LogP contribution in [0, 0.1) is 5.82 Å². The van der Waals surface area contributed by atoms with Gasteiger partial charge >= 0.3 is 0 Å². The zero-order valence-corrected chi connectivity index (χ0v) is 12.6. The van der Waals surface area contributed by atoms with E-state index in [0.717, 1.165) is 15.4 Å². The number of anilines is 1. The van der Waals surface area contributed by atoms with Crippen LogP contribution in [0.5, 0.6) is 5.75 Å². The van der Waals surface area contributed by atoms with Crippen molar-refractivity contribution in [3.05, 3.63) is 53.3 Å². The zero-order chi connectivity index (χ0) is 15.5. The Labute approximate surface area is 130 Å². The van der Waals surface area contributed by atoms with E-state index < -0.39 is 0 Å². The van der Waals surface area contributed by atoms with E-state index in [2.05, 4.69) is 10.3 Å². The van der Waals surface area contributed by atoms with E-state index in [9.17, 15) is 9.18 Å². The Morgan fingerprint density at radius 2 is 2.05 bits per heavy atom. The molecule has 0 atom stereocenters. The van der Waals surface area contributed by atoms with Crippen molar-refractivity contribution in [3.8, 4) is 5.75 Å². The maximum atomic E-state index is 13.1. The van der Waals surface area contributed by atoms with Crippen LogP contribution in [0.4, 0.5) is 10.1 Å². The summed E-state index contributed by atoms with van der Waals surface area (Å²) in [6, 6.07) is 11.6. The van der Waals surface area contributed by atoms with Crippen LogP contribution in [0.3, 0.4) is 0 Å². The van der Waals surface area contributed by atoms with Crippen molar-refractivity contribution in [2.75, 3.05) is 5.32 Å². The number of ether oxygens (including phenoxy) is 1. The van der Waals surface area contributed by atoms with Crippen molar-refractivity contribution in [1.29, 1.82) is 0 Å². The van der Waals surface area contributed by atoms with Crippen molar-refractivity contribution < 1.29 is 13.9 Å². The van der Waals surface area contributed by atoms with E-state index in [0.29, 0.717) is 17.9 Å². The van der Waals surface area contributed by atoms with Crippen LogP contribution < -0.4 is 10.1 Å². The summed E-state index contributed by atoms with van der Waals surface area (Å²) in [5.74, 6) is 0.272. The minimum Gasteiger partial charge on any atom is -0.486 e. The molecule has 0 unspecified atom stereocenters. The normalized spacial score (nSPS) is 10.6. The Morgan fingerprint density at radius 1 is 1.27 bits per heavy atom. The predicted molar refractivity (Wildman–Crippen MR) is 84.7 cm³/mol. The lowest BCUT2D eigenvalue weighted by molar-refractivity contribution is -0.114. The van der Waals surface area contributed by atoms with Gasteiger partial charge in [0.05, 0.1) is 10.2 Å². The molecule has 1 amide bonds. The molecule has 22 heavy (non-hydrogen) atoms. The standard InChI is InChI=1S/C16H13FN2O2S/c1-10(20)18-12-3-5-13(6-4-12)21-9-16-19-14-8-11(17)2-7-15(14)22-16/h2-8H,9H2,1H3,(H,18,20). The number of benzene rings is 2. The van der Waals surface area contributed by atoms with Gasteiger partial charge in [-0.05, 0) is 36.4 Å². The Hall–Kier alpha value is -2.47. The third kappa shape index (κ3) is 3.40. The molecule has 112 valence electrons. The summed E-state index contributed by atoms with van der Waals surface area (Å²) >= 11 is 1.48. The summed E-state index contributed by atoms with van der Waals surface area (Å²) in [6.45, 7) is 1.78. The zero-order valence-electron chi connectivity index (χ0n) is 11.8. The molecular formula is C16H13FN2O2S. The summed E-state index contributed by atoms with van der Waals surface area (Å²) in [5, 5.41) is 3.47. The van der Waals surface area contributed by atoms with E-state index in [1.807, 2.05) is 0 Å². The molecule has 3 aromatic rings. The van der Waals surface area contributed by atoms with E-state index in [1.54, 1.807) is 30.3 Å². The second-order valence-electron chi connectivity index (χ2n) is 4.71. The highest BCUT2D eigenvalue weighted by Crippen LogP contribution is 2.24. The van der Waals surface area contributed by atoms with E-state index in [-0.39, 0.29) is 11.7 Å². The Bertz CT molecular complexity index is 815. The molecule has 0 bridgehead atoms. The minimum atomic E-state index is -0.293. The highest BCUT2D eigenvalue weighted by atomic mass is 32.1. The lowest BCUT2D eigenvalue weighted by Gasteiger charge is -2.05. The van der Waals surface area contributed by atoms with Gasteiger partial charge in [-0.1, -0.05) is 0 Å². The number of carbonyl (C=O) groups excluding carboxylic acids is 1. The monoisotopic (exact) mass is 316 g/mol. The first-order chi connectivity index (χ1) is 10.6. The minimum absolute atomic E-state index is 0.115. The topological polar surface area (TPSA) is 51.2 Å². The maximum Gasteiger partial charge on any atom is 0.221 e. The predicted octanol–water partition coefficient (Wildman–Crippen LogP) is 3.97. The Morgan fingerprint density at radius 3 is 2.77 bits per heavy atom. The summed E-state index contributed by atoms with van der Waals surface area (Å²) in [4.78, 5) is 15.3. The van der Waals surface area contributed by atoms with Gasteiger partial charge in [0.15, 0.2) is 0 Å². The van der Waals surface area contributed by atoms with Crippen LogP contribution >= 0.6 is 11.3 Å². The van der Waals surface area contributed by atoms with Crippen molar-refractivity contribution in [2.24, 2.45) is 0 Å². The van der Waals surface area contributed by atoms with Gasteiger partial charge in [-0.3, -0.25) is 4.79 Å². The lowest BCUT2D eigenvalue weighted by atomic mass is 10.3. The molecule has 0 saturated carbocycles. The molecular weight excluding hydrogens is 303 g/mol. The molecule has 1 aromatic heterocycles.